The molecule has 1 aliphatic heterocycles. The molecule has 3 amide bonds. The first-order chi connectivity index (χ1) is 16.1. The number of hydrogen-bond donors (Lipinski definition) is 2. The van der Waals surface area contributed by atoms with Crippen molar-refractivity contribution in [2.24, 2.45) is 0 Å². The van der Waals surface area contributed by atoms with E-state index in [1.165, 1.54) is 11.3 Å². The largest absolute Gasteiger partial charge is 0.494 e. The summed E-state index contributed by atoms with van der Waals surface area (Å²) in [4.78, 5) is 31.1. The number of thiazole rings is 1. The van der Waals surface area contributed by atoms with E-state index in [1.54, 1.807) is 0 Å². The van der Waals surface area contributed by atoms with Crippen LogP contribution < -0.4 is 15.4 Å². The topological polar surface area (TPSA) is 83.6 Å². The number of anilines is 1. The van der Waals surface area contributed by atoms with Crippen molar-refractivity contribution in [1.82, 2.24) is 15.2 Å². The van der Waals surface area contributed by atoms with Crippen molar-refractivity contribution in [2.75, 3.05) is 25.0 Å². The quantitative estimate of drug-likeness (QED) is 0.506. The van der Waals surface area contributed by atoms with Crippen LogP contribution in [0.3, 0.4) is 0 Å². The SMILES string of the molecule is CCOc1ccc(-c2nc(CC(=O)NCc3cccc(NC(=O)N4CCCC4)c3)cs2)cc1. The lowest BCUT2D eigenvalue weighted by Gasteiger charge is -2.16. The van der Waals surface area contributed by atoms with E-state index in [2.05, 4.69) is 15.6 Å². The fourth-order valence-corrected chi connectivity index (χ4v) is 4.52. The van der Waals surface area contributed by atoms with E-state index in [0.29, 0.717) is 13.2 Å². The summed E-state index contributed by atoms with van der Waals surface area (Å²) in [5, 5.41) is 8.67. The molecule has 0 unspecified atom stereocenters. The summed E-state index contributed by atoms with van der Waals surface area (Å²) in [5.74, 6) is 0.738. The van der Waals surface area contributed by atoms with Crippen LogP contribution in [0.25, 0.3) is 10.6 Å². The van der Waals surface area contributed by atoms with E-state index in [1.807, 2.05) is 65.7 Å². The lowest BCUT2D eigenvalue weighted by molar-refractivity contribution is -0.120. The Balaban J connectivity index is 1.28. The molecule has 4 rings (SSSR count). The molecule has 0 aliphatic carbocycles. The number of hydrogen-bond acceptors (Lipinski definition) is 5. The van der Waals surface area contributed by atoms with Crippen molar-refractivity contribution in [2.45, 2.75) is 32.7 Å². The number of amides is 3. The van der Waals surface area contributed by atoms with Gasteiger partial charge in [-0.15, -0.1) is 11.3 Å². The van der Waals surface area contributed by atoms with E-state index in [9.17, 15) is 9.59 Å². The molecule has 1 aromatic heterocycles. The first-order valence-electron chi connectivity index (χ1n) is 11.2. The number of likely N-dealkylation sites (tertiary alicyclic amines) is 1. The first kappa shape index (κ1) is 22.8. The highest BCUT2D eigenvalue weighted by molar-refractivity contribution is 7.13. The van der Waals surface area contributed by atoms with Gasteiger partial charge in [0.25, 0.3) is 0 Å². The molecule has 0 saturated carbocycles. The van der Waals surface area contributed by atoms with Gasteiger partial charge in [-0.2, -0.15) is 0 Å². The number of urea groups is 1. The maximum absolute atomic E-state index is 12.4. The number of ether oxygens (including phenoxy) is 1. The second-order valence-corrected chi connectivity index (χ2v) is 8.74. The number of aromatic nitrogens is 1. The summed E-state index contributed by atoms with van der Waals surface area (Å²) >= 11 is 1.52. The standard InChI is InChI=1S/C25H28N4O3S/c1-2-32-22-10-8-19(9-11-22)24-27-21(17-33-24)15-23(30)26-16-18-6-5-7-20(14-18)28-25(31)29-12-3-4-13-29/h5-11,14,17H,2-4,12-13,15-16H2,1H3,(H,26,30)(H,28,31). The Kier molecular flexibility index (Phi) is 7.57. The molecule has 2 aromatic carbocycles. The number of carbonyl (C=O) groups is 2. The Hall–Kier alpha value is -3.39. The van der Waals surface area contributed by atoms with Crippen molar-refractivity contribution in [3.63, 3.8) is 0 Å². The Morgan fingerprint density at radius 3 is 2.67 bits per heavy atom. The van der Waals surface area contributed by atoms with Crippen LogP contribution in [-0.4, -0.2) is 41.5 Å². The lowest BCUT2D eigenvalue weighted by Crippen LogP contribution is -2.32. The monoisotopic (exact) mass is 464 g/mol. The van der Waals surface area contributed by atoms with Crippen molar-refractivity contribution in [3.8, 4) is 16.3 Å². The zero-order chi connectivity index (χ0) is 23.0. The van der Waals surface area contributed by atoms with Crippen molar-refractivity contribution < 1.29 is 14.3 Å². The minimum Gasteiger partial charge on any atom is -0.494 e. The average Bonchev–Trinajstić information content (AvgIpc) is 3.52. The molecule has 1 fully saturated rings. The van der Waals surface area contributed by atoms with Gasteiger partial charge in [-0.3, -0.25) is 4.79 Å². The minimum absolute atomic E-state index is 0.0689. The van der Waals surface area contributed by atoms with Gasteiger partial charge in [-0.05, 0) is 61.7 Å². The molecule has 1 saturated heterocycles. The summed E-state index contributed by atoms with van der Waals surface area (Å²) < 4.78 is 5.47. The van der Waals surface area contributed by atoms with Gasteiger partial charge in [0.15, 0.2) is 0 Å². The van der Waals surface area contributed by atoms with Crippen LogP contribution in [0.2, 0.25) is 0 Å². The van der Waals surface area contributed by atoms with Gasteiger partial charge in [0.1, 0.15) is 10.8 Å². The fraction of sp³-hybridized carbons (Fsp3) is 0.320. The van der Waals surface area contributed by atoms with Gasteiger partial charge >= 0.3 is 6.03 Å². The molecule has 8 heteroatoms. The molecular formula is C25H28N4O3S. The molecule has 172 valence electrons. The Morgan fingerprint density at radius 1 is 1.12 bits per heavy atom. The smallest absolute Gasteiger partial charge is 0.321 e. The molecule has 0 atom stereocenters. The van der Waals surface area contributed by atoms with E-state index in [0.717, 1.165) is 59.2 Å². The summed E-state index contributed by atoms with van der Waals surface area (Å²) in [7, 11) is 0. The molecule has 2 heterocycles. The van der Waals surface area contributed by atoms with Gasteiger partial charge in [-0.25, -0.2) is 9.78 Å². The molecule has 0 bridgehead atoms. The predicted molar refractivity (Wildman–Crippen MR) is 131 cm³/mol. The van der Waals surface area contributed by atoms with Crippen LogP contribution in [-0.2, 0) is 17.8 Å². The number of carbonyl (C=O) groups excluding carboxylic acids is 2. The van der Waals surface area contributed by atoms with Gasteiger partial charge in [0.05, 0.1) is 18.7 Å². The highest BCUT2D eigenvalue weighted by Gasteiger charge is 2.17. The summed E-state index contributed by atoms with van der Waals surface area (Å²) in [6, 6.07) is 15.3. The molecule has 0 spiro atoms. The van der Waals surface area contributed by atoms with Gasteiger partial charge in [0.2, 0.25) is 5.91 Å². The summed E-state index contributed by atoms with van der Waals surface area (Å²) in [6.45, 7) is 4.59. The number of nitrogens with zero attached hydrogens (tertiary/aromatic N) is 2. The molecule has 3 aromatic rings. The molecule has 1 aliphatic rings. The van der Waals surface area contributed by atoms with Crippen molar-refractivity contribution >= 4 is 29.0 Å². The van der Waals surface area contributed by atoms with Crippen LogP contribution in [0.15, 0.2) is 53.9 Å². The molecule has 0 radical (unpaired) electrons. The third-order valence-electron chi connectivity index (χ3n) is 5.37. The molecular weight excluding hydrogens is 436 g/mol. The third kappa shape index (κ3) is 6.32. The number of benzene rings is 2. The fourth-order valence-electron chi connectivity index (χ4n) is 3.69. The Bertz CT molecular complexity index is 1090. The molecule has 2 N–H and O–H groups in total. The summed E-state index contributed by atoms with van der Waals surface area (Å²) in [5.41, 5.74) is 3.41. The molecule has 33 heavy (non-hydrogen) atoms. The lowest BCUT2D eigenvalue weighted by atomic mass is 10.2. The maximum Gasteiger partial charge on any atom is 0.321 e. The third-order valence-corrected chi connectivity index (χ3v) is 6.31. The minimum atomic E-state index is -0.0925. The summed E-state index contributed by atoms with van der Waals surface area (Å²) in [6.07, 6.45) is 2.33. The average molecular weight is 465 g/mol. The highest BCUT2D eigenvalue weighted by Crippen LogP contribution is 2.26. The predicted octanol–water partition coefficient (Wildman–Crippen LogP) is 4.70. The van der Waals surface area contributed by atoms with E-state index in [4.69, 9.17) is 4.74 Å². The first-order valence-corrected chi connectivity index (χ1v) is 12.1. The van der Waals surface area contributed by atoms with Crippen LogP contribution in [0.5, 0.6) is 5.75 Å². The number of rotatable bonds is 8. The van der Waals surface area contributed by atoms with Gasteiger partial charge in [-0.1, -0.05) is 12.1 Å². The molecule has 7 nitrogen and oxygen atoms in total. The van der Waals surface area contributed by atoms with Crippen LogP contribution in [0.1, 0.15) is 31.0 Å². The van der Waals surface area contributed by atoms with E-state index >= 15 is 0 Å². The van der Waals surface area contributed by atoms with E-state index < -0.39 is 0 Å². The second-order valence-electron chi connectivity index (χ2n) is 7.88. The van der Waals surface area contributed by atoms with Crippen LogP contribution in [0.4, 0.5) is 10.5 Å². The van der Waals surface area contributed by atoms with Crippen LogP contribution in [0, 0.1) is 0 Å². The zero-order valence-electron chi connectivity index (χ0n) is 18.7. The normalized spacial score (nSPS) is 13.1. The van der Waals surface area contributed by atoms with Gasteiger partial charge in [0, 0.05) is 36.3 Å². The highest BCUT2D eigenvalue weighted by atomic mass is 32.1. The Morgan fingerprint density at radius 2 is 1.91 bits per heavy atom. The van der Waals surface area contributed by atoms with E-state index in [-0.39, 0.29) is 18.4 Å². The van der Waals surface area contributed by atoms with Crippen molar-refractivity contribution in [3.05, 3.63) is 65.2 Å². The number of nitrogens with one attached hydrogen (secondary N) is 2. The second kappa shape index (κ2) is 11.0. The van der Waals surface area contributed by atoms with Crippen LogP contribution >= 0.6 is 11.3 Å². The zero-order valence-corrected chi connectivity index (χ0v) is 19.5. The van der Waals surface area contributed by atoms with Crippen molar-refractivity contribution in [1.29, 1.82) is 0 Å². The Labute approximate surface area is 197 Å². The van der Waals surface area contributed by atoms with Gasteiger partial charge < -0.3 is 20.3 Å². The maximum atomic E-state index is 12.4.